The van der Waals surface area contributed by atoms with E-state index in [2.05, 4.69) is 23.4 Å². The Bertz CT molecular complexity index is 623. The molecule has 0 unspecified atom stereocenters. The summed E-state index contributed by atoms with van der Waals surface area (Å²) in [5, 5.41) is 7.22. The highest BCUT2D eigenvalue weighted by molar-refractivity contribution is 5.95. The van der Waals surface area contributed by atoms with Crippen molar-refractivity contribution < 1.29 is 4.79 Å². The smallest absolute Gasteiger partial charge is 0.322 e. The van der Waals surface area contributed by atoms with E-state index in [9.17, 15) is 4.79 Å². The number of nitrogens with one attached hydrogen (secondary N) is 1. The second-order valence-corrected chi connectivity index (χ2v) is 5.63. The van der Waals surface area contributed by atoms with Crippen LogP contribution < -0.4 is 10.2 Å². The first-order valence-corrected chi connectivity index (χ1v) is 7.30. The summed E-state index contributed by atoms with van der Waals surface area (Å²) in [5.41, 5.74) is 2.26. The molecule has 2 heterocycles. The Hall–Kier alpha value is -2.30. The third kappa shape index (κ3) is 2.77. The number of urea groups is 1. The molecule has 2 amide bonds. The number of carbonyl (C=O) groups is 1. The second-order valence-electron chi connectivity index (χ2n) is 5.63. The molecule has 5 heteroatoms. The SMILES string of the molecule is C[C@@H](Cn1cccn1)NC(=O)N1c2ccccc2C[C@@H]1C. The van der Waals surface area contributed by atoms with Crippen molar-refractivity contribution in [3.05, 3.63) is 48.3 Å². The monoisotopic (exact) mass is 284 g/mol. The van der Waals surface area contributed by atoms with Crippen molar-refractivity contribution in [1.82, 2.24) is 15.1 Å². The summed E-state index contributed by atoms with van der Waals surface area (Å²) in [6.45, 7) is 4.74. The van der Waals surface area contributed by atoms with Gasteiger partial charge in [-0.1, -0.05) is 18.2 Å². The van der Waals surface area contributed by atoms with Crippen LogP contribution in [0.5, 0.6) is 0 Å². The van der Waals surface area contributed by atoms with E-state index in [1.165, 1.54) is 5.56 Å². The second kappa shape index (κ2) is 5.60. The molecule has 1 N–H and O–H groups in total. The molecule has 0 saturated carbocycles. The minimum absolute atomic E-state index is 0.0253. The molecule has 5 nitrogen and oxygen atoms in total. The molecule has 1 aliphatic heterocycles. The van der Waals surface area contributed by atoms with Crippen LogP contribution in [0.25, 0.3) is 0 Å². The Morgan fingerprint density at radius 2 is 2.24 bits per heavy atom. The van der Waals surface area contributed by atoms with Crippen LogP contribution in [-0.4, -0.2) is 27.9 Å². The van der Waals surface area contributed by atoms with Gasteiger partial charge in [0.05, 0.1) is 6.54 Å². The molecule has 110 valence electrons. The molecule has 0 aliphatic carbocycles. The zero-order chi connectivity index (χ0) is 14.8. The summed E-state index contributed by atoms with van der Waals surface area (Å²) >= 11 is 0. The van der Waals surface area contributed by atoms with Crippen LogP contribution >= 0.6 is 0 Å². The number of benzene rings is 1. The van der Waals surface area contributed by atoms with E-state index >= 15 is 0 Å². The number of hydrogen-bond acceptors (Lipinski definition) is 2. The summed E-state index contributed by atoms with van der Waals surface area (Å²) in [6, 6.07) is 10.2. The molecule has 0 fully saturated rings. The number of para-hydroxylation sites is 1. The standard InChI is InChI=1S/C16H20N4O/c1-12(11-19-9-5-8-17-19)18-16(21)20-13(2)10-14-6-3-4-7-15(14)20/h3-9,12-13H,10-11H2,1-2H3,(H,18,21)/t12-,13-/m0/s1. The van der Waals surface area contributed by atoms with Gasteiger partial charge in [-0.3, -0.25) is 9.58 Å². The van der Waals surface area contributed by atoms with Gasteiger partial charge in [0, 0.05) is 30.2 Å². The fourth-order valence-electron chi connectivity index (χ4n) is 2.89. The summed E-state index contributed by atoms with van der Waals surface area (Å²) < 4.78 is 1.83. The number of rotatable bonds is 3. The molecule has 3 rings (SSSR count). The van der Waals surface area contributed by atoms with E-state index in [1.54, 1.807) is 6.20 Å². The lowest BCUT2D eigenvalue weighted by Crippen LogP contribution is -2.47. The first kappa shape index (κ1) is 13.7. The topological polar surface area (TPSA) is 50.2 Å². The number of nitrogens with zero attached hydrogens (tertiary/aromatic N) is 3. The van der Waals surface area contributed by atoms with Crippen molar-refractivity contribution in [2.75, 3.05) is 4.90 Å². The van der Waals surface area contributed by atoms with Crippen LogP contribution in [-0.2, 0) is 13.0 Å². The van der Waals surface area contributed by atoms with Gasteiger partial charge in [-0.25, -0.2) is 4.79 Å². The van der Waals surface area contributed by atoms with Crippen molar-refractivity contribution in [3.8, 4) is 0 Å². The van der Waals surface area contributed by atoms with Crippen molar-refractivity contribution in [2.45, 2.75) is 38.9 Å². The van der Waals surface area contributed by atoms with E-state index in [-0.39, 0.29) is 18.1 Å². The van der Waals surface area contributed by atoms with Crippen molar-refractivity contribution in [2.24, 2.45) is 0 Å². The highest BCUT2D eigenvalue weighted by Gasteiger charge is 2.30. The van der Waals surface area contributed by atoms with Gasteiger partial charge in [-0.2, -0.15) is 5.10 Å². The molecule has 0 radical (unpaired) electrons. The number of anilines is 1. The molecule has 21 heavy (non-hydrogen) atoms. The van der Waals surface area contributed by atoms with Crippen molar-refractivity contribution >= 4 is 11.7 Å². The Labute approximate surface area is 124 Å². The van der Waals surface area contributed by atoms with Crippen LogP contribution in [0, 0.1) is 0 Å². The Kier molecular flexibility index (Phi) is 3.64. The predicted molar refractivity (Wildman–Crippen MR) is 82.3 cm³/mol. The highest BCUT2D eigenvalue weighted by Crippen LogP contribution is 2.31. The van der Waals surface area contributed by atoms with Gasteiger partial charge in [-0.05, 0) is 38.0 Å². The van der Waals surface area contributed by atoms with Gasteiger partial charge in [0.1, 0.15) is 0 Å². The molecular weight excluding hydrogens is 264 g/mol. The predicted octanol–water partition coefficient (Wildman–Crippen LogP) is 2.43. The normalized spacial score (nSPS) is 18.4. The maximum atomic E-state index is 12.5. The minimum atomic E-state index is -0.0351. The quantitative estimate of drug-likeness (QED) is 0.941. The fraction of sp³-hybridized carbons (Fsp3) is 0.375. The molecular formula is C16H20N4O. The van der Waals surface area contributed by atoms with Crippen LogP contribution in [0.15, 0.2) is 42.7 Å². The van der Waals surface area contributed by atoms with E-state index in [0.29, 0.717) is 6.54 Å². The molecule has 0 saturated heterocycles. The maximum Gasteiger partial charge on any atom is 0.322 e. The molecule has 1 aromatic carbocycles. The third-order valence-corrected chi connectivity index (χ3v) is 3.82. The van der Waals surface area contributed by atoms with Gasteiger partial charge in [0.25, 0.3) is 0 Å². The summed E-state index contributed by atoms with van der Waals surface area (Å²) in [6.07, 6.45) is 4.56. The number of aromatic nitrogens is 2. The van der Waals surface area contributed by atoms with Crippen LogP contribution in [0.2, 0.25) is 0 Å². The Morgan fingerprint density at radius 1 is 1.43 bits per heavy atom. The largest absolute Gasteiger partial charge is 0.333 e. The average Bonchev–Trinajstić information content (AvgIpc) is 3.04. The van der Waals surface area contributed by atoms with Gasteiger partial charge < -0.3 is 5.32 Å². The lowest BCUT2D eigenvalue weighted by Gasteiger charge is -2.25. The van der Waals surface area contributed by atoms with E-state index < -0.39 is 0 Å². The summed E-state index contributed by atoms with van der Waals surface area (Å²) in [4.78, 5) is 14.4. The van der Waals surface area contributed by atoms with E-state index in [1.807, 2.05) is 47.0 Å². The number of fused-ring (bicyclic) bond motifs is 1. The van der Waals surface area contributed by atoms with E-state index in [4.69, 9.17) is 0 Å². The molecule has 0 bridgehead atoms. The van der Waals surface area contributed by atoms with Gasteiger partial charge in [0.2, 0.25) is 0 Å². The minimum Gasteiger partial charge on any atom is -0.333 e. The number of carbonyl (C=O) groups excluding carboxylic acids is 1. The molecule has 0 spiro atoms. The first-order valence-electron chi connectivity index (χ1n) is 7.30. The molecule has 1 aliphatic rings. The fourth-order valence-corrected chi connectivity index (χ4v) is 2.89. The Morgan fingerprint density at radius 3 is 3.00 bits per heavy atom. The summed E-state index contributed by atoms with van der Waals surface area (Å²) in [5.74, 6) is 0. The third-order valence-electron chi connectivity index (χ3n) is 3.82. The van der Waals surface area contributed by atoms with Crippen LogP contribution in [0.4, 0.5) is 10.5 Å². The molecule has 1 aromatic heterocycles. The zero-order valence-electron chi connectivity index (χ0n) is 12.4. The first-order chi connectivity index (χ1) is 10.1. The van der Waals surface area contributed by atoms with Gasteiger partial charge in [0.15, 0.2) is 0 Å². The maximum absolute atomic E-state index is 12.5. The number of amides is 2. The van der Waals surface area contributed by atoms with Crippen LogP contribution in [0.3, 0.4) is 0 Å². The van der Waals surface area contributed by atoms with E-state index in [0.717, 1.165) is 12.1 Å². The van der Waals surface area contributed by atoms with Gasteiger partial charge in [-0.15, -0.1) is 0 Å². The average molecular weight is 284 g/mol. The zero-order valence-corrected chi connectivity index (χ0v) is 12.4. The highest BCUT2D eigenvalue weighted by atomic mass is 16.2. The van der Waals surface area contributed by atoms with Crippen LogP contribution in [0.1, 0.15) is 19.4 Å². The lowest BCUT2D eigenvalue weighted by molar-refractivity contribution is 0.240. The molecule has 2 atom stereocenters. The summed E-state index contributed by atoms with van der Waals surface area (Å²) in [7, 11) is 0. The van der Waals surface area contributed by atoms with Crippen molar-refractivity contribution in [3.63, 3.8) is 0 Å². The van der Waals surface area contributed by atoms with Crippen molar-refractivity contribution in [1.29, 1.82) is 0 Å². The van der Waals surface area contributed by atoms with Gasteiger partial charge >= 0.3 is 6.03 Å². The molecule has 2 aromatic rings. The number of hydrogen-bond donors (Lipinski definition) is 1. The lowest BCUT2D eigenvalue weighted by atomic mass is 10.1. The Balaban J connectivity index is 1.68.